The van der Waals surface area contributed by atoms with Gasteiger partial charge in [0, 0.05) is 33.7 Å². The maximum Gasteiger partial charge on any atom is 0.236 e. The van der Waals surface area contributed by atoms with E-state index < -0.39 is 0 Å². The van der Waals surface area contributed by atoms with Gasteiger partial charge in [0.25, 0.3) is 0 Å². The van der Waals surface area contributed by atoms with Gasteiger partial charge in [0.05, 0.1) is 19.3 Å². The van der Waals surface area contributed by atoms with E-state index >= 15 is 0 Å². The Morgan fingerprint density at radius 1 is 1.47 bits per heavy atom. The minimum absolute atomic E-state index is 0.126. The fourth-order valence-corrected chi connectivity index (χ4v) is 1.52. The van der Waals surface area contributed by atoms with Crippen molar-refractivity contribution >= 4 is 5.91 Å². The van der Waals surface area contributed by atoms with Crippen molar-refractivity contribution in [2.45, 2.75) is 6.10 Å². The highest BCUT2D eigenvalue weighted by molar-refractivity contribution is 5.77. The van der Waals surface area contributed by atoms with Crippen LogP contribution in [0.25, 0.3) is 0 Å². The number of hydrogen-bond acceptors (Lipinski definition) is 4. The molecule has 1 amide bonds. The fourth-order valence-electron chi connectivity index (χ4n) is 1.52. The highest BCUT2D eigenvalue weighted by Gasteiger charge is 2.17. The summed E-state index contributed by atoms with van der Waals surface area (Å²) in [5.74, 6) is 0.126. The SMILES string of the molecule is CN(CC(=O)N(C)C)CC1CNCCO1. The number of nitrogens with one attached hydrogen (secondary N) is 1. The summed E-state index contributed by atoms with van der Waals surface area (Å²) < 4.78 is 5.56. The van der Waals surface area contributed by atoms with Crippen LogP contribution < -0.4 is 5.32 Å². The van der Waals surface area contributed by atoms with Gasteiger partial charge < -0.3 is 15.0 Å². The molecule has 1 saturated heterocycles. The molecule has 0 radical (unpaired) electrons. The van der Waals surface area contributed by atoms with Gasteiger partial charge in [-0.3, -0.25) is 9.69 Å². The Bertz CT molecular complexity index is 203. The summed E-state index contributed by atoms with van der Waals surface area (Å²) in [4.78, 5) is 15.0. The smallest absolute Gasteiger partial charge is 0.236 e. The number of carbonyl (C=O) groups is 1. The molecule has 1 fully saturated rings. The normalized spacial score (nSPS) is 21.7. The Labute approximate surface area is 91.4 Å². The Balaban J connectivity index is 2.22. The summed E-state index contributed by atoms with van der Waals surface area (Å²) in [6.45, 7) is 3.82. The average molecular weight is 215 g/mol. The highest BCUT2D eigenvalue weighted by atomic mass is 16.5. The van der Waals surface area contributed by atoms with Crippen molar-refractivity contribution in [1.82, 2.24) is 15.1 Å². The van der Waals surface area contributed by atoms with E-state index in [1.54, 1.807) is 19.0 Å². The lowest BCUT2D eigenvalue weighted by molar-refractivity contribution is -0.130. The highest BCUT2D eigenvalue weighted by Crippen LogP contribution is 1.98. The molecule has 0 bridgehead atoms. The third-order valence-electron chi connectivity index (χ3n) is 2.42. The van der Waals surface area contributed by atoms with E-state index in [9.17, 15) is 4.79 Å². The van der Waals surface area contributed by atoms with Crippen molar-refractivity contribution in [3.63, 3.8) is 0 Å². The van der Waals surface area contributed by atoms with Gasteiger partial charge >= 0.3 is 0 Å². The summed E-state index contributed by atoms with van der Waals surface area (Å²) in [5, 5.41) is 3.27. The lowest BCUT2D eigenvalue weighted by Crippen LogP contribution is -2.46. The Kier molecular flexibility index (Phi) is 5.01. The molecule has 0 spiro atoms. The molecular formula is C10H21N3O2. The largest absolute Gasteiger partial charge is 0.374 e. The van der Waals surface area contributed by atoms with Gasteiger partial charge in [-0.05, 0) is 7.05 Å². The molecular weight excluding hydrogens is 194 g/mol. The van der Waals surface area contributed by atoms with E-state index in [1.807, 2.05) is 11.9 Å². The van der Waals surface area contributed by atoms with Crippen LogP contribution in [-0.2, 0) is 9.53 Å². The summed E-state index contributed by atoms with van der Waals surface area (Å²) in [5.41, 5.74) is 0. The van der Waals surface area contributed by atoms with Crippen LogP contribution in [0, 0.1) is 0 Å². The molecule has 1 heterocycles. The van der Waals surface area contributed by atoms with Crippen molar-refractivity contribution in [2.75, 3.05) is 53.9 Å². The second-order valence-corrected chi connectivity index (χ2v) is 4.18. The van der Waals surface area contributed by atoms with E-state index in [4.69, 9.17) is 4.74 Å². The molecule has 0 aliphatic carbocycles. The molecule has 0 aromatic rings. The zero-order valence-corrected chi connectivity index (χ0v) is 9.82. The van der Waals surface area contributed by atoms with Crippen molar-refractivity contribution < 1.29 is 9.53 Å². The first-order valence-electron chi connectivity index (χ1n) is 5.30. The molecule has 88 valence electrons. The molecule has 1 aliphatic rings. The predicted molar refractivity (Wildman–Crippen MR) is 58.8 cm³/mol. The van der Waals surface area contributed by atoms with E-state index in [1.165, 1.54) is 0 Å². The van der Waals surface area contributed by atoms with E-state index in [0.717, 1.165) is 26.2 Å². The monoisotopic (exact) mass is 215 g/mol. The van der Waals surface area contributed by atoms with Gasteiger partial charge in [0.2, 0.25) is 5.91 Å². The Morgan fingerprint density at radius 2 is 2.20 bits per heavy atom. The molecule has 5 nitrogen and oxygen atoms in total. The predicted octanol–water partition coefficient (Wildman–Crippen LogP) is -1.01. The summed E-state index contributed by atoms with van der Waals surface area (Å²) >= 11 is 0. The number of hydrogen-bond donors (Lipinski definition) is 1. The molecule has 0 aromatic heterocycles. The lowest BCUT2D eigenvalue weighted by Gasteiger charge is -2.28. The van der Waals surface area contributed by atoms with Crippen LogP contribution in [0.15, 0.2) is 0 Å². The van der Waals surface area contributed by atoms with E-state index in [2.05, 4.69) is 5.32 Å². The molecule has 1 rings (SSSR count). The van der Waals surface area contributed by atoms with E-state index in [-0.39, 0.29) is 12.0 Å². The number of likely N-dealkylation sites (N-methyl/N-ethyl adjacent to an activating group) is 2. The quantitative estimate of drug-likeness (QED) is 0.653. The lowest BCUT2D eigenvalue weighted by atomic mass is 10.3. The van der Waals surface area contributed by atoms with Crippen molar-refractivity contribution in [3.8, 4) is 0 Å². The second kappa shape index (κ2) is 6.05. The van der Waals surface area contributed by atoms with Gasteiger partial charge in [-0.25, -0.2) is 0 Å². The van der Waals surface area contributed by atoms with Gasteiger partial charge in [-0.2, -0.15) is 0 Å². The Morgan fingerprint density at radius 3 is 2.73 bits per heavy atom. The van der Waals surface area contributed by atoms with Crippen molar-refractivity contribution in [1.29, 1.82) is 0 Å². The van der Waals surface area contributed by atoms with Gasteiger partial charge in [-0.15, -0.1) is 0 Å². The van der Waals surface area contributed by atoms with E-state index in [0.29, 0.717) is 6.54 Å². The Hall–Kier alpha value is -0.650. The minimum Gasteiger partial charge on any atom is -0.374 e. The zero-order valence-electron chi connectivity index (χ0n) is 9.82. The van der Waals surface area contributed by atoms with Gasteiger partial charge in [0.1, 0.15) is 0 Å². The summed E-state index contributed by atoms with van der Waals surface area (Å²) in [6, 6.07) is 0. The number of ether oxygens (including phenoxy) is 1. The molecule has 1 N–H and O–H groups in total. The topological polar surface area (TPSA) is 44.8 Å². The van der Waals surface area contributed by atoms with Crippen LogP contribution in [0.1, 0.15) is 0 Å². The zero-order chi connectivity index (χ0) is 11.3. The van der Waals surface area contributed by atoms with Gasteiger partial charge in [0.15, 0.2) is 0 Å². The van der Waals surface area contributed by atoms with Crippen LogP contribution >= 0.6 is 0 Å². The molecule has 0 saturated carbocycles. The molecule has 1 unspecified atom stereocenters. The standard InChI is InChI=1S/C10H21N3O2/c1-12(2)10(14)8-13(3)7-9-6-11-4-5-15-9/h9,11H,4-8H2,1-3H3. The number of morpholine rings is 1. The first-order valence-corrected chi connectivity index (χ1v) is 5.30. The maximum absolute atomic E-state index is 11.4. The maximum atomic E-state index is 11.4. The summed E-state index contributed by atoms with van der Waals surface area (Å²) in [7, 11) is 5.49. The number of amides is 1. The molecule has 5 heteroatoms. The second-order valence-electron chi connectivity index (χ2n) is 4.18. The molecule has 1 atom stereocenters. The molecule has 0 aromatic carbocycles. The molecule has 15 heavy (non-hydrogen) atoms. The average Bonchev–Trinajstić information content (AvgIpc) is 2.18. The molecule has 1 aliphatic heterocycles. The third kappa shape index (κ3) is 4.59. The number of carbonyl (C=O) groups excluding carboxylic acids is 1. The van der Waals surface area contributed by atoms with Crippen molar-refractivity contribution in [3.05, 3.63) is 0 Å². The fraction of sp³-hybridized carbons (Fsp3) is 0.900. The van der Waals surface area contributed by atoms with Crippen LogP contribution in [0.2, 0.25) is 0 Å². The number of rotatable bonds is 4. The van der Waals surface area contributed by atoms with Crippen LogP contribution in [0.5, 0.6) is 0 Å². The van der Waals surface area contributed by atoms with Gasteiger partial charge in [-0.1, -0.05) is 0 Å². The van der Waals surface area contributed by atoms with Crippen LogP contribution in [-0.4, -0.2) is 75.7 Å². The first kappa shape index (κ1) is 12.4. The number of nitrogens with zero attached hydrogens (tertiary/aromatic N) is 2. The first-order chi connectivity index (χ1) is 7.09. The van der Waals surface area contributed by atoms with Crippen LogP contribution in [0.3, 0.4) is 0 Å². The minimum atomic E-state index is 0.126. The third-order valence-corrected chi connectivity index (χ3v) is 2.42. The summed E-state index contributed by atoms with van der Waals surface area (Å²) in [6.07, 6.45) is 0.207. The van der Waals surface area contributed by atoms with Crippen molar-refractivity contribution in [2.24, 2.45) is 0 Å². The van der Waals surface area contributed by atoms with Crippen LogP contribution in [0.4, 0.5) is 0 Å².